The molecule has 1 saturated carbocycles. The van der Waals surface area contributed by atoms with Gasteiger partial charge in [-0.2, -0.15) is 0 Å². The third-order valence-corrected chi connectivity index (χ3v) is 7.37. The Hall–Kier alpha value is -2.38. The monoisotopic (exact) mass is 446 g/mol. The number of amides is 2. The van der Waals surface area contributed by atoms with Crippen LogP contribution in [0.25, 0.3) is 0 Å². The molecule has 0 radical (unpaired) electrons. The van der Waals surface area contributed by atoms with Gasteiger partial charge < -0.3 is 15.7 Å². The summed E-state index contributed by atoms with van der Waals surface area (Å²) < 4.78 is 0. The predicted octanol–water partition coefficient (Wildman–Crippen LogP) is 4.97. The summed E-state index contributed by atoms with van der Waals surface area (Å²) in [6, 6.07) is 6.86. The molecule has 158 valence electrons. The first-order valence-corrected chi connectivity index (χ1v) is 11.4. The standard InChI is InChI=1S/C22H23ClN2O4S/c23-12-8-10-13(11-9-12)24-20(27)18-16-6-3-7-17(16)30-21(18)25-19(26)14-4-1-2-5-15(14)22(28)29/h8-11,14-15H,1-7H2,(H,24,27)(H,25,26)(H,28,29)/t14-,15-/m1/s1. The summed E-state index contributed by atoms with van der Waals surface area (Å²) >= 11 is 7.35. The predicted molar refractivity (Wildman–Crippen MR) is 117 cm³/mol. The second-order valence-corrected chi connectivity index (χ2v) is 9.39. The highest BCUT2D eigenvalue weighted by Gasteiger charge is 2.37. The second kappa shape index (κ2) is 8.78. The van der Waals surface area contributed by atoms with E-state index in [0.717, 1.165) is 42.5 Å². The number of fused-ring (bicyclic) bond motifs is 1. The number of carboxylic acid groups (broad SMARTS) is 1. The van der Waals surface area contributed by atoms with Gasteiger partial charge in [-0.3, -0.25) is 14.4 Å². The Kier molecular flexibility index (Phi) is 6.11. The highest BCUT2D eigenvalue weighted by molar-refractivity contribution is 7.17. The van der Waals surface area contributed by atoms with Crippen LogP contribution in [0.3, 0.4) is 0 Å². The van der Waals surface area contributed by atoms with Crippen LogP contribution in [0.15, 0.2) is 24.3 Å². The van der Waals surface area contributed by atoms with Crippen molar-refractivity contribution in [3.05, 3.63) is 45.3 Å². The number of carboxylic acids is 1. The number of hydrogen-bond donors (Lipinski definition) is 3. The van der Waals surface area contributed by atoms with Crippen LogP contribution in [-0.4, -0.2) is 22.9 Å². The maximum absolute atomic E-state index is 13.1. The molecular formula is C22H23ClN2O4S. The lowest BCUT2D eigenvalue weighted by Gasteiger charge is -2.27. The molecular weight excluding hydrogens is 424 g/mol. The molecule has 30 heavy (non-hydrogen) atoms. The van der Waals surface area contributed by atoms with Gasteiger partial charge in [-0.15, -0.1) is 11.3 Å². The third kappa shape index (κ3) is 4.23. The SMILES string of the molecule is O=C(Nc1ccc(Cl)cc1)c1c(NC(=O)[C@@H]2CCCC[C@H]2C(=O)O)sc2c1CCC2. The summed E-state index contributed by atoms with van der Waals surface area (Å²) in [6.07, 6.45) is 5.40. The van der Waals surface area contributed by atoms with Crippen LogP contribution in [0.2, 0.25) is 5.02 Å². The largest absolute Gasteiger partial charge is 0.481 e. The van der Waals surface area contributed by atoms with E-state index >= 15 is 0 Å². The number of rotatable bonds is 5. The Morgan fingerprint density at radius 2 is 1.67 bits per heavy atom. The van der Waals surface area contributed by atoms with E-state index in [1.165, 1.54) is 11.3 Å². The van der Waals surface area contributed by atoms with Crippen molar-refractivity contribution in [2.75, 3.05) is 10.6 Å². The number of aryl methyl sites for hydroxylation is 1. The van der Waals surface area contributed by atoms with Gasteiger partial charge in [-0.1, -0.05) is 24.4 Å². The van der Waals surface area contributed by atoms with E-state index in [1.807, 2.05) is 0 Å². The van der Waals surface area contributed by atoms with Crippen molar-refractivity contribution in [3.8, 4) is 0 Å². The third-order valence-electron chi connectivity index (χ3n) is 5.91. The van der Waals surface area contributed by atoms with Gasteiger partial charge in [0.1, 0.15) is 5.00 Å². The van der Waals surface area contributed by atoms with E-state index in [9.17, 15) is 19.5 Å². The summed E-state index contributed by atoms with van der Waals surface area (Å²) in [5.41, 5.74) is 2.11. The molecule has 2 amide bonds. The maximum Gasteiger partial charge on any atom is 0.307 e. The quantitative estimate of drug-likeness (QED) is 0.604. The second-order valence-electron chi connectivity index (χ2n) is 7.85. The molecule has 2 aliphatic carbocycles. The normalized spacial score (nSPS) is 20.4. The lowest BCUT2D eigenvalue weighted by molar-refractivity contribution is -0.147. The van der Waals surface area contributed by atoms with Crippen molar-refractivity contribution in [3.63, 3.8) is 0 Å². The lowest BCUT2D eigenvalue weighted by atomic mass is 9.79. The first-order chi connectivity index (χ1) is 14.4. The molecule has 0 saturated heterocycles. The van der Waals surface area contributed by atoms with Crippen molar-refractivity contribution >= 4 is 51.4 Å². The molecule has 4 rings (SSSR count). The number of benzene rings is 1. The van der Waals surface area contributed by atoms with Gasteiger partial charge in [0, 0.05) is 15.6 Å². The Bertz CT molecular complexity index is 986. The Balaban J connectivity index is 1.58. The van der Waals surface area contributed by atoms with E-state index in [2.05, 4.69) is 10.6 Å². The van der Waals surface area contributed by atoms with Gasteiger partial charge in [0.15, 0.2) is 0 Å². The molecule has 1 aromatic heterocycles. The summed E-state index contributed by atoms with van der Waals surface area (Å²) in [7, 11) is 0. The molecule has 2 atom stereocenters. The first-order valence-electron chi connectivity index (χ1n) is 10.2. The minimum absolute atomic E-state index is 0.273. The zero-order chi connectivity index (χ0) is 21.3. The molecule has 8 heteroatoms. The number of carbonyl (C=O) groups excluding carboxylic acids is 2. The molecule has 0 bridgehead atoms. The highest BCUT2D eigenvalue weighted by atomic mass is 35.5. The Morgan fingerprint density at radius 3 is 2.37 bits per heavy atom. The van der Waals surface area contributed by atoms with Crippen molar-refractivity contribution < 1.29 is 19.5 Å². The molecule has 0 aliphatic heterocycles. The molecule has 0 spiro atoms. The summed E-state index contributed by atoms with van der Waals surface area (Å²) in [5, 5.41) is 16.4. The van der Waals surface area contributed by atoms with Crippen LogP contribution in [-0.2, 0) is 22.4 Å². The van der Waals surface area contributed by atoms with Crippen LogP contribution >= 0.6 is 22.9 Å². The Morgan fingerprint density at radius 1 is 0.967 bits per heavy atom. The van der Waals surface area contributed by atoms with Gasteiger partial charge >= 0.3 is 5.97 Å². The first kappa shape index (κ1) is 20.9. The van der Waals surface area contributed by atoms with E-state index in [4.69, 9.17) is 11.6 Å². The smallest absolute Gasteiger partial charge is 0.307 e. The summed E-state index contributed by atoms with van der Waals surface area (Å²) in [4.78, 5) is 38.8. The van der Waals surface area contributed by atoms with Crippen LogP contribution in [0.5, 0.6) is 0 Å². The average molecular weight is 447 g/mol. The number of nitrogens with one attached hydrogen (secondary N) is 2. The molecule has 0 unspecified atom stereocenters. The fraction of sp³-hybridized carbons (Fsp3) is 0.409. The van der Waals surface area contributed by atoms with Gasteiger partial charge in [0.25, 0.3) is 5.91 Å². The maximum atomic E-state index is 13.1. The minimum Gasteiger partial charge on any atom is -0.481 e. The van der Waals surface area contributed by atoms with Crippen LogP contribution in [0, 0.1) is 11.8 Å². The number of halogens is 1. The zero-order valence-electron chi connectivity index (χ0n) is 16.4. The number of hydrogen-bond acceptors (Lipinski definition) is 4. The van der Waals surface area contributed by atoms with Crippen molar-refractivity contribution in [2.45, 2.75) is 44.9 Å². The zero-order valence-corrected chi connectivity index (χ0v) is 17.9. The molecule has 2 aliphatic rings. The minimum atomic E-state index is -0.927. The highest BCUT2D eigenvalue weighted by Crippen LogP contribution is 2.40. The molecule has 2 aromatic rings. The van der Waals surface area contributed by atoms with Crippen LogP contribution in [0.4, 0.5) is 10.7 Å². The van der Waals surface area contributed by atoms with E-state index in [0.29, 0.717) is 34.1 Å². The fourth-order valence-corrected chi connectivity index (χ4v) is 5.82. The number of aliphatic carboxylic acids is 1. The number of carbonyl (C=O) groups is 3. The van der Waals surface area contributed by atoms with E-state index in [-0.39, 0.29) is 11.8 Å². The van der Waals surface area contributed by atoms with Crippen molar-refractivity contribution in [2.24, 2.45) is 11.8 Å². The fourth-order valence-electron chi connectivity index (χ4n) is 4.40. The topological polar surface area (TPSA) is 95.5 Å². The van der Waals surface area contributed by atoms with E-state index in [1.54, 1.807) is 24.3 Å². The Labute approximate surface area is 183 Å². The van der Waals surface area contributed by atoms with Gasteiger partial charge in [0.05, 0.1) is 17.4 Å². The van der Waals surface area contributed by atoms with Crippen LogP contribution < -0.4 is 10.6 Å². The van der Waals surface area contributed by atoms with E-state index < -0.39 is 17.8 Å². The molecule has 6 nitrogen and oxygen atoms in total. The molecule has 1 aromatic carbocycles. The summed E-state index contributed by atoms with van der Waals surface area (Å²) in [5.74, 6) is -2.74. The molecule has 3 N–H and O–H groups in total. The number of anilines is 2. The number of thiophene rings is 1. The average Bonchev–Trinajstić information content (AvgIpc) is 3.30. The van der Waals surface area contributed by atoms with Gasteiger partial charge in [0.2, 0.25) is 5.91 Å². The van der Waals surface area contributed by atoms with Gasteiger partial charge in [-0.05, 0) is 61.9 Å². The van der Waals surface area contributed by atoms with Crippen LogP contribution in [0.1, 0.15) is 52.9 Å². The lowest BCUT2D eigenvalue weighted by Crippen LogP contribution is -2.36. The van der Waals surface area contributed by atoms with Gasteiger partial charge in [-0.25, -0.2) is 0 Å². The van der Waals surface area contributed by atoms with Crippen molar-refractivity contribution in [1.29, 1.82) is 0 Å². The summed E-state index contributed by atoms with van der Waals surface area (Å²) in [6.45, 7) is 0. The van der Waals surface area contributed by atoms with Crippen molar-refractivity contribution in [1.82, 2.24) is 0 Å². The molecule has 1 fully saturated rings. The molecule has 1 heterocycles.